The lowest BCUT2D eigenvalue weighted by Crippen LogP contribution is -2.47. The Hall–Kier alpha value is -2.21. The van der Waals surface area contributed by atoms with Crippen LogP contribution in [0.2, 0.25) is 0 Å². The van der Waals surface area contributed by atoms with Crippen molar-refractivity contribution < 1.29 is 32.6 Å². The normalized spacial score (nSPS) is 24.7. The molecule has 11 heteroatoms. The molecule has 2 N–H and O–H groups in total. The van der Waals surface area contributed by atoms with Gasteiger partial charge in [-0.15, -0.1) is 0 Å². The Morgan fingerprint density at radius 3 is 2.49 bits per heavy atom. The predicted molar refractivity (Wildman–Crippen MR) is 160 cm³/mol. The maximum atomic E-state index is 14.2. The lowest BCUT2D eigenvalue weighted by Gasteiger charge is -2.35. The van der Waals surface area contributed by atoms with Crippen LogP contribution in [0.25, 0.3) is 0 Å². The van der Waals surface area contributed by atoms with Crippen LogP contribution in [0.4, 0.5) is 5.69 Å². The molecule has 1 fully saturated rings. The number of fused-ring (bicyclic) bond motifs is 1. The van der Waals surface area contributed by atoms with Crippen LogP contribution in [-0.4, -0.2) is 92.4 Å². The molecule has 0 aromatic heterocycles. The minimum atomic E-state index is -3.42. The molecule has 1 aliphatic carbocycles. The largest absolute Gasteiger partial charge is 0.490 e. The van der Waals surface area contributed by atoms with Gasteiger partial charge in [0.05, 0.1) is 36.7 Å². The van der Waals surface area contributed by atoms with Crippen molar-refractivity contribution in [1.82, 2.24) is 9.21 Å². The number of hydrogen-bond donors (Lipinski definition) is 2. The van der Waals surface area contributed by atoms with E-state index in [2.05, 4.69) is 5.32 Å². The number of ether oxygens (including phenoxy) is 2. The smallest absolute Gasteiger partial charge is 0.258 e. The molecule has 1 heterocycles. The number of carbonyl (C=O) groups is 2. The number of nitrogens with zero attached hydrogens (tertiary/aromatic N) is 2. The van der Waals surface area contributed by atoms with Crippen LogP contribution < -0.4 is 10.1 Å². The topological polar surface area (TPSA) is 125 Å². The molecule has 2 amide bonds. The van der Waals surface area contributed by atoms with Crippen molar-refractivity contribution in [3.8, 4) is 5.75 Å². The highest BCUT2D eigenvalue weighted by atomic mass is 32.2. The third-order valence-corrected chi connectivity index (χ3v) is 9.58. The predicted octanol–water partition coefficient (Wildman–Crippen LogP) is 3.89. The van der Waals surface area contributed by atoms with Gasteiger partial charge in [-0.2, -0.15) is 0 Å². The van der Waals surface area contributed by atoms with Gasteiger partial charge in [-0.3, -0.25) is 9.59 Å². The average Bonchev–Trinajstić information content (AvgIpc) is 2.94. The summed E-state index contributed by atoms with van der Waals surface area (Å²) in [6.07, 6.45) is 7.90. The Kier molecular flexibility index (Phi) is 12.4. The van der Waals surface area contributed by atoms with Crippen molar-refractivity contribution in [3.63, 3.8) is 0 Å². The number of amides is 2. The zero-order valence-electron chi connectivity index (χ0n) is 25.3. The molecule has 232 valence electrons. The van der Waals surface area contributed by atoms with E-state index in [-0.39, 0.29) is 49.5 Å². The van der Waals surface area contributed by atoms with Gasteiger partial charge in [0, 0.05) is 44.3 Å². The van der Waals surface area contributed by atoms with Gasteiger partial charge in [0.15, 0.2) is 0 Å². The van der Waals surface area contributed by atoms with Crippen LogP contribution in [-0.2, 0) is 19.6 Å². The minimum Gasteiger partial charge on any atom is -0.490 e. The van der Waals surface area contributed by atoms with Gasteiger partial charge in [0.1, 0.15) is 5.75 Å². The zero-order chi connectivity index (χ0) is 30.2. The Morgan fingerprint density at radius 1 is 1.15 bits per heavy atom. The van der Waals surface area contributed by atoms with Crippen molar-refractivity contribution in [2.45, 2.75) is 90.4 Å². The number of sulfonamides is 1. The molecule has 3 rings (SSSR count). The van der Waals surface area contributed by atoms with Crippen LogP contribution >= 0.6 is 0 Å². The standard InChI is InChI=1S/C30H49N3O7S/c1-21-18-33(22(2)20-34)30(36)26-17-25(31-29(35)24-12-7-6-8-13-24)14-15-27(26)40-23(3)11-9-10-16-39-28(21)19-32(4)41(5,37)38/h14-15,17,21-24,28,34H,6-13,16,18-20H2,1-5H3,(H,31,35)/t21-,22-,23+,28+/m1/s1. The first-order valence-corrected chi connectivity index (χ1v) is 16.8. The first-order chi connectivity index (χ1) is 19.4. The molecule has 4 atom stereocenters. The molecule has 0 spiro atoms. The van der Waals surface area contributed by atoms with E-state index in [1.54, 1.807) is 30.0 Å². The number of benzene rings is 1. The molecular formula is C30H49N3O7S. The maximum absolute atomic E-state index is 14.2. The average molecular weight is 596 g/mol. The van der Waals surface area contributed by atoms with Crippen LogP contribution in [0, 0.1) is 11.8 Å². The van der Waals surface area contributed by atoms with E-state index >= 15 is 0 Å². The third kappa shape index (κ3) is 9.66. The minimum absolute atomic E-state index is 0.0295. The number of anilines is 1. The lowest BCUT2D eigenvalue weighted by molar-refractivity contribution is -0.120. The van der Waals surface area contributed by atoms with E-state index in [9.17, 15) is 23.1 Å². The summed E-state index contributed by atoms with van der Waals surface area (Å²) in [5.74, 6) is -0.198. The molecule has 1 aromatic carbocycles. The summed E-state index contributed by atoms with van der Waals surface area (Å²) in [5.41, 5.74) is 0.847. The molecule has 1 aliphatic heterocycles. The van der Waals surface area contributed by atoms with Gasteiger partial charge in [0.25, 0.3) is 5.91 Å². The third-order valence-electron chi connectivity index (χ3n) is 8.30. The van der Waals surface area contributed by atoms with E-state index < -0.39 is 22.2 Å². The number of nitrogens with one attached hydrogen (secondary N) is 1. The summed E-state index contributed by atoms with van der Waals surface area (Å²) < 4.78 is 38.0. The Bertz CT molecular complexity index is 1120. The number of carbonyl (C=O) groups excluding carboxylic acids is 2. The number of aliphatic hydroxyl groups is 1. The summed E-state index contributed by atoms with van der Waals surface area (Å²) in [6, 6.07) is 4.67. The van der Waals surface area contributed by atoms with E-state index in [1.807, 2.05) is 13.8 Å². The molecule has 2 aliphatic rings. The summed E-state index contributed by atoms with van der Waals surface area (Å²) in [5, 5.41) is 13.1. The second kappa shape index (κ2) is 15.3. The molecule has 10 nitrogen and oxygen atoms in total. The molecule has 0 saturated heterocycles. The van der Waals surface area contributed by atoms with Crippen LogP contribution in [0.1, 0.15) is 82.5 Å². The molecule has 1 saturated carbocycles. The van der Waals surface area contributed by atoms with Crippen molar-refractivity contribution in [1.29, 1.82) is 0 Å². The van der Waals surface area contributed by atoms with Gasteiger partial charge in [0.2, 0.25) is 15.9 Å². The molecule has 1 aromatic rings. The Balaban J connectivity index is 1.95. The van der Waals surface area contributed by atoms with E-state index in [4.69, 9.17) is 9.47 Å². The molecular weight excluding hydrogens is 546 g/mol. The quantitative estimate of drug-likeness (QED) is 0.490. The number of hydrogen-bond acceptors (Lipinski definition) is 7. The van der Waals surface area contributed by atoms with E-state index in [1.165, 1.54) is 11.4 Å². The lowest BCUT2D eigenvalue weighted by atomic mass is 9.88. The molecule has 41 heavy (non-hydrogen) atoms. The molecule has 0 radical (unpaired) electrons. The van der Waals surface area contributed by atoms with Crippen molar-refractivity contribution >= 4 is 27.5 Å². The fourth-order valence-electron chi connectivity index (χ4n) is 5.46. The first kappa shape index (κ1) is 33.3. The van der Waals surface area contributed by atoms with Crippen LogP contribution in [0.3, 0.4) is 0 Å². The number of rotatable bonds is 7. The van der Waals surface area contributed by atoms with Crippen LogP contribution in [0.5, 0.6) is 5.75 Å². The fourth-order valence-corrected chi connectivity index (χ4v) is 5.88. The van der Waals surface area contributed by atoms with Crippen molar-refractivity contribution in [2.24, 2.45) is 11.8 Å². The highest BCUT2D eigenvalue weighted by molar-refractivity contribution is 7.88. The van der Waals surface area contributed by atoms with E-state index in [0.717, 1.165) is 57.6 Å². The number of aliphatic hydroxyl groups excluding tert-OH is 1. The summed E-state index contributed by atoms with van der Waals surface area (Å²) in [7, 11) is -1.90. The van der Waals surface area contributed by atoms with Gasteiger partial charge < -0.3 is 24.8 Å². The van der Waals surface area contributed by atoms with Crippen molar-refractivity contribution in [2.75, 3.05) is 44.9 Å². The second-order valence-electron chi connectivity index (χ2n) is 11.9. The summed E-state index contributed by atoms with van der Waals surface area (Å²) in [4.78, 5) is 28.7. The van der Waals surface area contributed by atoms with Gasteiger partial charge in [-0.25, -0.2) is 12.7 Å². The summed E-state index contributed by atoms with van der Waals surface area (Å²) >= 11 is 0. The Labute approximate surface area is 245 Å². The maximum Gasteiger partial charge on any atom is 0.258 e. The van der Waals surface area contributed by atoms with Crippen molar-refractivity contribution in [3.05, 3.63) is 23.8 Å². The highest BCUT2D eigenvalue weighted by Crippen LogP contribution is 2.30. The number of likely N-dealkylation sites (N-methyl/N-ethyl adjacent to an activating group) is 1. The van der Waals surface area contributed by atoms with Crippen LogP contribution in [0.15, 0.2) is 18.2 Å². The fraction of sp³-hybridized carbons (Fsp3) is 0.733. The zero-order valence-corrected chi connectivity index (χ0v) is 26.1. The first-order valence-electron chi connectivity index (χ1n) is 15.0. The summed E-state index contributed by atoms with van der Waals surface area (Å²) in [6.45, 7) is 6.25. The molecule has 0 unspecified atom stereocenters. The highest BCUT2D eigenvalue weighted by Gasteiger charge is 2.31. The van der Waals surface area contributed by atoms with E-state index in [0.29, 0.717) is 23.6 Å². The van der Waals surface area contributed by atoms with Gasteiger partial charge >= 0.3 is 0 Å². The molecule has 0 bridgehead atoms. The second-order valence-corrected chi connectivity index (χ2v) is 14.0. The van der Waals surface area contributed by atoms with Gasteiger partial charge in [-0.05, 0) is 64.2 Å². The van der Waals surface area contributed by atoms with Gasteiger partial charge in [-0.1, -0.05) is 26.2 Å². The monoisotopic (exact) mass is 595 g/mol. The Morgan fingerprint density at radius 2 is 1.83 bits per heavy atom. The SMILES string of the molecule is C[C@@H]1CN([C@H](C)CO)C(=O)c2cc(NC(=O)C3CCCCC3)ccc2O[C@@H](C)CCCCO[C@H]1CN(C)S(C)(=O)=O.